The van der Waals surface area contributed by atoms with Gasteiger partial charge in [0.25, 0.3) is 5.24 Å². The summed E-state index contributed by atoms with van der Waals surface area (Å²) in [5.41, 5.74) is 7.88. The molecule has 0 atom stereocenters. The Kier molecular flexibility index (Phi) is 6.65. The van der Waals surface area contributed by atoms with Crippen molar-refractivity contribution in [1.29, 1.82) is 0 Å². The average molecular weight is 505 g/mol. The Morgan fingerprint density at radius 3 is 2.80 bits per heavy atom. The highest BCUT2D eigenvalue weighted by Gasteiger charge is 2.30. The number of thioether (sulfide) groups is 1. The Labute approximate surface area is 211 Å². The number of hydrogen-bond acceptors (Lipinski definition) is 8. The lowest BCUT2D eigenvalue weighted by atomic mass is 9.95. The third-order valence-corrected chi connectivity index (χ3v) is 7.29. The number of aromatic nitrogens is 4. The fourth-order valence-corrected chi connectivity index (χ4v) is 5.58. The molecule has 0 bridgehead atoms. The predicted octanol–water partition coefficient (Wildman–Crippen LogP) is 5.73. The summed E-state index contributed by atoms with van der Waals surface area (Å²) >= 11 is 2.74. The highest BCUT2D eigenvalue weighted by molar-refractivity contribution is 8.13. The fourth-order valence-electron chi connectivity index (χ4n) is 4.02. The summed E-state index contributed by atoms with van der Waals surface area (Å²) in [5, 5.41) is 12.3. The maximum Gasteiger partial charge on any atom is 0.285 e. The number of oxime groups is 1. The molecule has 0 saturated carbocycles. The Balaban J connectivity index is 1.63. The molecule has 35 heavy (non-hydrogen) atoms. The number of carbonyl (C=O) groups excluding carboxylic acids is 1. The van der Waals surface area contributed by atoms with E-state index in [2.05, 4.69) is 21.5 Å². The smallest absolute Gasteiger partial charge is 0.285 e. The molecule has 0 spiro atoms. The number of anilines is 1. The van der Waals surface area contributed by atoms with E-state index in [4.69, 9.17) is 14.9 Å². The number of amides is 1. The Hall–Kier alpha value is -3.50. The fraction of sp³-hybridized carbons (Fsp3) is 0.240. The number of fused-ring (bicyclic) bond motifs is 3. The Bertz CT molecular complexity index is 1390. The second-order valence-corrected chi connectivity index (χ2v) is 10.2. The van der Waals surface area contributed by atoms with Crippen LogP contribution in [0.3, 0.4) is 0 Å². The zero-order valence-corrected chi connectivity index (χ0v) is 21.2. The molecule has 8 nitrogen and oxygen atoms in total. The van der Waals surface area contributed by atoms with E-state index in [0.717, 1.165) is 62.9 Å². The van der Waals surface area contributed by atoms with Crippen LogP contribution in [0.5, 0.6) is 0 Å². The van der Waals surface area contributed by atoms with Crippen molar-refractivity contribution in [2.75, 3.05) is 18.2 Å². The summed E-state index contributed by atoms with van der Waals surface area (Å²) in [6.07, 6.45) is 5.14. The number of hydrogen-bond donors (Lipinski definition) is 1. The standard InChI is InChI=1S/C25H24N6O2S2/c1-4-34-25(32)29-24-28-20-12-11-19-21(17-8-5-15(2)26-14-17)30-31(22(19)23(20)35-24)18-9-6-16(7-10-18)13-27-33-3/h5-10,13-14H,4,11-12H2,1-3H3,(H,28,29,32). The van der Waals surface area contributed by atoms with E-state index in [-0.39, 0.29) is 5.24 Å². The monoisotopic (exact) mass is 504 g/mol. The number of aryl methyl sites for hydroxylation is 2. The lowest BCUT2D eigenvalue weighted by molar-refractivity contribution is 0.215. The van der Waals surface area contributed by atoms with Crippen LogP contribution in [-0.4, -0.2) is 44.1 Å². The van der Waals surface area contributed by atoms with E-state index in [1.165, 1.54) is 30.2 Å². The molecule has 0 unspecified atom stereocenters. The van der Waals surface area contributed by atoms with Crippen molar-refractivity contribution >= 4 is 39.7 Å². The second-order valence-electron chi connectivity index (χ2n) is 7.92. The van der Waals surface area contributed by atoms with Gasteiger partial charge in [0.15, 0.2) is 5.13 Å². The van der Waals surface area contributed by atoms with Gasteiger partial charge in [-0.1, -0.05) is 47.3 Å². The molecule has 178 valence electrons. The highest BCUT2D eigenvalue weighted by Crippen LogP contribution is 2.44. The molecule has 1 amide bonds. The first-order valence-electron chi connectivity index (χ1n) is 11.2. The van der Waals surface area contributed by atoms with E-state index in [9.17, 15) is 4.79 Å². The van der Waals surface area contributed by atoms with Gasteiger partial charge >= 0.3 is 0 Å². The van der Waals surface area contributed by atoms with Gasteiger partial charge < -0.3 is 4.84 Å². The summed E-state index contributed by atoms with van der Waals surface area (Å²) < 4.78 is 1.98. The summed E-state index contributed by atoms with van der Waals surface area (Å²) in [4.78, 5) is 27.2. The quantitative estimate of drug-likeness (QED) is 0.266. The number of carbonyl (C=O) groups is 1. The van der Waals surface area contributed by atoms with Crippen LogP contribution in [-0.2, 0) is 17.7 Å². The summed E-state index contributed by atoms with van der Waals surface area (Å²) in [5.74, 6) is 0.715. The van der Waals surface area contributed by atoms with Gasteiger partial charge in [-0.2, -0.15) is 5.10 Å². The minimum absolute atomic E-state index is 0.0907. The normalized spacial score (nSPS) is 12.4. The van der Waals surface area contributed by atoms with Gasteiger partial charge in [0.2, 0.25) is 0 Å². The van der Waals surface area contributed by atoms with Crippen LogP contribution >= 0.6 is 23.1 Å². The molecule has 4 aromatic rings. The van der Waals surface area contributed by atoms with Gasteiger partial charge in [-0.25, -0.2) is 9.67 Å². The number of rotatable bonds is 6. The first kappa shape index (κ1) is 23.3. The predicted molar refractivity (Wildman–Crippen MR) is 142 cm³/mol. The van der Waals surface area contributed by atoms with Crippen LogP contribution in [0.25, 0.3) is 27.5 Å². The SMILES string of the molecule is CCSC(=O)Nc1nc2c(s1)-c1c(c(-c3ccc(C)nc3)nn1-c1ccc(C=NOC)cc1)CC2. The molecular weight excluding hydrogens is 480 g/mol. The highest BCUT2D eigenvalue weighted by atomic mass is 32.2. The molecule has 0 saturated heterocycles. The van der Waals surface area contributed by atoms with Gasteiger partial charge in [0, 0.05) is 23.0 Å². The zero-order valence-electron chi connectivity index (χ0n) is 19.6. The van der Waals surface area contributed by atoms with Crippen molar-refractivity contribution in [3.8, 4) is 27.5 Å². The van der Waals surface area contributed by atoms with Gasteiger partial charge in [-0.15, -0.1) is 0 Å². The molecular formula is C25H24N6O2S2. The van der Waals surface area contributed by atoms with E-state index in [0.29, 0.717) is 10.9 Å². The molecule has 1 aromatic carbocycles. The van der Waals surface area contributed by atoms with E-state index in [1.807, 2.05) is 55.1 Å². The van der Waals surface area contributed by atoms with Gasteiger partial charge in [0.1, 0.15) is 7.11 Å². The number of nitrogens with one attached hydrogen (secondary N) is 1. The van der Waals surface area contributed by atoms with Crippen molar-refractivity contribution in [3.63, 3.8) is 0 Å². The van der Waals surface area contributed by atoms with E-state index >= 15 is 0 Å². The number of thiazole rings is 1. The van der Waals surface area contributed by atoms with Gasteiger partial charge in [0.05, 0.1) is 33.9 Å². The van der Waals surface area contributed by atoms with Gasteiger partial charge in [-0.3, -0.25) is 15.1 Å². The average Bonchev–Trinajstić information content (AvgIpc) is 3.45. The van der Waals surface area contributed by atoms with Crippen molar-refractivity contribution in [2.24, 2.45) is 5.16 Å². The van der Waals surface area contributed by atoms with Crippen molar-refractivity contribution in [1.82, 2.24) is 19.7 Å². The topological polar surface area (TPSA) is 94.3 Å². The van der Waals surface area contributed by atoms with Crippen LogP contribution in [0.15, 0.2) is 47.8 Å². The molecule has 10 heteroatoms. The van der Waals surface area contributed by atoms with Gasteiger partial charge in [-0.05, 0) is 55.3 Å². The molecule has 1 aliphatic rings. The van der Waals surface area contributed by atoms with E-state index < -0.39 is 0 Å². The number of benzene rings is 1. The minimum Gasteiger partial charge on any atom is -0.399 e. The Morgan fingerprint density at radius 2 is 2.09 bits per heavy atom. The minimum atomic E-state index is -0.0907. The van der Waals surface area contributed by atoms with Crippen LogP contribution < -0.4 is 5.32 Å². The summed E-state index contributed by atoms with van der Waals surface area (Å²) in [7, 11) is 1.52. The van der Waals surface area contributed by atoms with Crippen molar-refractivity contribution in [2.45, 2.75) is 26.7 Å². The summed E-state index contributed by atoms with van der Waals surface area (Å²) in [6, 6.07) is 12.0. The first-order chi connectivity index (χ1) is 17.1. The molecule has 3 heterocycles. The molecule has 1 aliphatic carbocycles. The molecule has 5 rings (SSSR count). The maximum absolute atomic E-state index is 12.2. The lowest BCUT2D eigenvalue weighted by Gasteiger charge is -2.14. The first-order valence-corrected chi connectivity index (χ1v) is 13.0. The number of pyridine rings is 1. The molecule has 0 fully saturated rings. The second kappa shape index (κ2) is 10.0. The third-order valence-electron chi connectivity index (χ3n) is 5.62. The molecule has 0 aliphatic heterocycles. The zero-order chi connectivity index (χ0) is 24.4. The Morgan fingerprint density at radius 1 is 1.26 bits per heavy atom. The number of nitrogens with zero attached hydrogens (tertiary/aromatic N) is 5. The summed E-state index contributed by atoms with van der Waals surface area (Å²) in [6.45, 7) is 3.93. The van der Waals surface area contributed by atoms with Crippen LogP contribution in [0.2, 0.25) is 0 Å². The van der Waals surface area contributed by atoms with Crippen LogP contribution in [0, 0.1) is 6.92 Å². The molecule has 0 radical (unpaired) electrons. The van der Waals surface area contributed by atoms with E-state index in [1.54, 1.807) is 6.21 Å². The molecule has 1 N–H and O–H groups in total. The molecule has 3 aromatic heterocycles. The van der Waals surface area contributed by atoms with Crippen molar-refractivity contribution in [3.05, 3.63) is 65.1 Å². The maximum atomic E-state index is 12.2. The van der Waals surface area contributed by atoms with Crippen LogP contribution in [0.4, 0.5) is 9.93 Å². The lowest BCUT2D eigenvalue weighted by Crippen LogP contribution is -2.06. The largest absolute Gasteiger partial charge is 0.399 e. The third kappa shape index (κ3) is 4.71. The van der Waals surface area contributed by atoms with Crippen LogP contribution in [0.1, 0.15) is 29.4 Å². The van der Waals surface area contributed by atoms with Crippen molar-refractivity contribution < 1.29 is 9.63 Å².